The third-order valence-electron chi connectivity index (χ3n) is 3.80. The first-order valence-electron chi connectivity index (χ1n) is 7.15. The van der Waals surface area contributed by atoms with E-state index in [2.05, 4.69) is 9.88 Å². The van der Waals surface area contributed by atoms with E-state index >= 15 is 0 Å². The molecule has 0 N–H and O–H groups in total. The highest BCUT2D eigenvalue weighted by Crippen LogP contribution is 2.20. The normalized spacial score (nSPS) is 14.9. The van der Waals surface area contributed by atoms with Crippen molar-refractivity contribution in [3.05, 3.63) is 58.9 Å². The Labute approximate surface area is 137 Å². The lowest BCUT2D eigenvalue weighted by atomic mass is 10.1. The highest BCUT2D eigenvalue weighted by molar-refractivity contribution is 6.29. The van der Waals surface area contributed by atoms with E-state index in [1.165, 1.54) is 6.07 Å². The smallest absolute Gasteiger partial charge is 0.256 e. The lowest BCUT2D eigenvalue weighted by molar-refractivity contribution is 0.0742. The maximum Gasteiger partial charge on any atom is 0.256 e. The number of hydrogen-bond donors (Lipinski definition) is 0. The van der Waals surface area contributed by atoms with Crippen molar-refractivity contribution in [2.45, 2.75) is 0 Å². The molecule has 1 aliphatic rings. The van der Waals surface area contributed by atoms with Crippen molar-refractivity contribution in [1.29, 1.82) is 0 Å². The van der Waals surface area contributed by atoms with Crippen LogP contribution >= 0.6 is 11.6 Å². The van der Waals surface area contributed by atoms with Crippen molar-refractivity contribution in [1.82, 2.24) is 9.88 Å². The van der Waals surface area contributed by atoms with Gasteiger partial charge >= 0.3 is 0 Å². The van der Waals surface area contributed by atoms with Crippen LogP contribution in [0.25, 0.3) is 0 Å². The van der Waals surface area contributed by atoms with E-state index in [-0.39, 0.29) is 5.56 Å². The predicted molar refractivity (Wildman–Crippen MR) is 83.7 cm³/mol. The Kier molecular flexibility index (Phi) is 4.43. The van der Waals surface area contributed by atoms with Crippen molar-refractivity contribution in [3.8, 4) is 0 Å². The number of hydrogen-bond acceptors (Lipinski definition) is 3. The molecule has 1 aromatic carbocycles. The van der Waals surface area contributed by atoms with Crippen LogP contribution in [-0.4, -0.2) is 42.0 Å². The molecule has 7 heteroatoms. The number of anilines is 1. The van der Waals surface area contributed by atoms with E-state index in [0.29, 0.717) is 31.3 Å². The van der Waals surface area contributed by atoms with Gasteiger partial charge in [0.05, 0.1) is 5.56 Å². The SMILES string of the molecule is O=C(c1ccc(F)cc1F)N1CCN(c2ccnc(Cl)c2)CC1. The summed E-state index contributed by atoms with van der Waals surface area (Å²) in [6, 6.07) is 6.61. The Morgan fingerprint density at radius 2 is 1.83 bits per heavy atom. The number of piperazine rings is 1. The van der Waals surface area contributed by atoms with E-state index < -0.39 is 17.5 Å². The van der Waals surface area contributed by atoms with Gasteiger partial charge in [0.15, 0.2) is 0 Å². The molecular weight excluding hydrogens is 324 g/mol. The average Bonchev–Trinajstić information content (AvgIpc) is 2.54. The number of aromatic nitrogens is 1. The van der Waals surface area contributed by atoms with Gasteiger partial charge in [0.2, 0.25) is 0 Å². The minimum Gasteiger partial charge on any atom is -0.368 e. The van der Waals surface area contributed by atoms with Crippen LogP contribution < -0.4 is 4.90 Å². The molecule has 4 nitrogen and oxygen atoms in total. The molecule has 1 amide bonds. The second-order valence-corrected chi connectivity index (χ2v) is 5.63. The van der Waals surface area contributed by atoms with Crippen molar-refractivity contribution < 1.29 is 13.6 Å². The van der Waals surface area contributed by atoms with Crippen molar-refractivity contribution in [2.24, 2.45) is 0 Å². The van der Waals surface area contributed by atoms with E-state index in [0.717, 1.165) is 17.8 Å². The number of benzene rings is 1. The molecule has 0 unspecified atom stereocenters. The maximum atomic E-state index is 13.7. The minimum absolute atomic E-state index is 0.105. The van der Waals surface area contributed by atoms with Crippen LogP contribution in [0.5, 0.6) is 0 Å². The van der Waals surface area contributed by atoms with E-state index in [4.69, 9.17) is 11.6 Å². The summed E-state index contributed by atoms with van der Waals surface area (Å²) < 4.78 is 26.7. The van der Waals surface area contributed by atoms with Gasteiger partial charge in [-0.15, -0.1) is 0 Å². The molecule has 120 valence electrons. The predicted octanol–water partition coefficient (Wildman–Crippen LogP) is 2.98. The first kappa shape index (κ1) is 15.7. The molecule has 0 radical (unpaired) electrons. The molecule has 3 rings (SSSR count). The van der Waals surface area contributed by atoms with Crippen LogP contribution in [0.1, 0.15) is 10.4 Å². The van der Waals surface area contributed by atoms with Crippen LogP contribution in [0.3, 0.4) is 0 Å². The van der Waals surface area contributed by atoms with Crippen LogP contribution in [0.15, 0.2) is 36.5 Å². The highest BCUT2D eigenvalue weighted by Gasteiger charge is 2.24. The van der Waals surface area contributed by atoms with Gasteiger partial charge in [-0.05, 0) is 24.3 Å². The fraction of sp³-hybridized carbons (Fsp3) is 0.250. The standard InChI is InChI=1S/C16H14ClF2N3O/c17-15-10-12(3-4-20-15)21-5-7-22(8-6-21)16(23)13-2-1-11(18)9-14(13)19/h1-4,9-10H,5-8H2. The summed E-state index contributed by atoms with van der Waals surface area (Å²) >= 11 is 5.88. The first-order valence-corrected chi connectivity index (χ1v) is 7.53. The number of rotatable bonds is 2. The number of pyridine rings is 1. The summed E-state index contributed by atoms with van der Waals surface area (Å²) in [6.07, 6.45) is 1.63. The average molecular weight is 338 g/mol. The van der Waals surface area contributed by atoms with Crippen LogP contribution in [0, 0.1) is 11.6 Å². The molecule has 2 aromatic rings. The van der Waals surface area contributed by atoms with Gasteiger partial charge < -0.3 is 9.80 Å². The fourth-order valence-electron chi connectivity index (χ4n) is 2.59. The quantitative estimate of drug-likeness (QED) is 0.791. The summed E-state index contributed by atoms with van der Waals surface area (Å²) in [4.78, 5) is 19.9. The van der Waals surface area contributed by atoms with Gasteiger partial charge in [0.1, 0.15) is 16.8 Å². The van der Waals surface area contributed by atoms with Gasteiger partial charge in [0.25, 0.3) is 5.91 Å². The largest absolute Gasteiger partial charge is 0.368 e. The molecular formula is C16H14ClF2N3O. The first-order chi connectivity index (χ1) is 11.0. The number of carbonyl (C=O) groups is 1. The van der Waals surface area contributed by atoms with E-state index in [1.54, 1.807) is 17.2 Å². The Balaban J connectivity index is 1.68. The number of amides is 1. The van der Waals surface area contributed by atoms with Crippen LogP contribution in [-0.2, 0) is 0 Å². The molecule has 1 aliphatic heterocycles. The zero-order valence-electron chi connectivity index (χ0n) is 12.2. The Hall–Kier alpha value is -2.21. The molecule has 0 atom stereocenters. The third-order valence-corrected chi connectivity index (χ3v) is 4.01. The molecule has 0 aliphatic carbocycles. The Bertz CT molecular complexity index is 733. The summed E-state index contributed by atoms with van der Waals surface area (Å²) in [6.45, 7) is 2.12. The Morgan fingerprint density at radius 3 is 2.48 bits per heavy atom. The maximum absolute atomic E-state index is 13.7. The molecule has 2 heterocycles. The van der Waals surface area contributed by atoms with Gasteiger partial charge in [-0.25, -0.2) is 13.8 Å². The van der Waals surface area contributed by atoms with Crippen molar-refractivity contribution in [3.63, 3.8) is 0 Å². The van der Waals surface area contributed by atoms with Gasteiger partial charge in [0, 0.05) is 44.1 Å². The summed E-state index contributed by atoms with van der Waals surface area (Å²) in [5.41, 5.74) is 0.830. The second-order valence-electron chi connectivity index (χ2n) is 5.24. The second kappa shape index (κ2) is 6.50. The molecule has 0 bridgehead atoms. The Morgan fingerprint density at radius 1 is 1.09 bits per heavy atom. The number of carbonyl (C=O) groups excluding carboxylic acids is 1. The molecule has 1 saturated heterocycles. The monoisotopic (exact) mass is 337 g/mol. The minimum atomic E-state index is -0.835. The number of halogens is 3. The summed E-state index contributed by atoms with van der Waals surface area (Å²) in [5.74, 6) is -1.95. The van der Waals surface area contributed by atoms with Gasteiger partial charge in [-0.1, -0.05) is 11.6 Å². The number of nitrogens with zero attached hydrogens (tertiary/aromatic N) is 3. The third kappa shape index (κ3) is 3.42. The lowest BCUT2D eigenvalue weighted by Crippen LogP contribution is -2.49. The summed E-state index contributed by atoms with van der Waals surface area (Å²) in [5, 5.41) is 0.411. The lowest BCUT2D eigenvalue weighted by Gasteiger charge is -2.36. The fourth-order valence-corrected chi connectivity index (χ4v) is 2.76. The zero-order valence-corrected chi connectivity index (χ0v) is 12.9. The van der Waals surface area contributed by atoms with Crippen LogP contribution in [0.4, 0.5) is 14.5 Å². The van der Waals surface area contributed by atoms with Crippen LogP contribution in [0.2, 0.25) is 5.15 Å². The molecule has 23 heavy (non-hydrogen) atoms. The van der Waals surface area contributed by atoms with Crippen molar-refractivity contribution >= 4 is 23.2 Å². The van der Waals surface area contributed by atoms with E-state index in [1.807, 2.05) is 6.07 Å². The van der Waals surface area contributed by atoms with Gasteiger partial charge in [-0.3, -0.25) is 4.79 Å². The highest BCUT2D eigenvalue weighted by atomic mass is 35.5. The topological polar surface area (TPSA) is 36.4 Å². The molecule has 0 spiro atoms. The van der Waals surface area contributed by atoms with Gasteiger partial charge in [-0.2, -0.15) is 0 Å². The van der Waals surface area contributed by atoms with E-state index in [9.17, 15) is 13.6 Å². The zero-order chi connectivity index (χ0) is 16.4. The molecule has 1 aromatic heterocycles. The van der Waals surface area contributed by atoms with Crippen molar-refractivity contribution in [2.75, 3.05) is 31.1 Å². The molecule has 0 saturated carbocycles. The summed E-state index contributed by atoms with van der Waals surface area (Å²) in [7, 11) is 0. The molecule has 1 fully saturated rings.